The van der Waals surface area contributed by atoms with Gasteiger partial charge in [0.15, 0.2) is 17.7 Å². The van der Waals surface area contributed by atoms with Crippen LogP contribution in [0.2, 0.25) is 6.04 Å². The summed E-state index contributed by atoms with van der Waals surface area (Å²) in [6.07, 6.45) is 0.585. The van der Waals surface area contributed by atoms with Crippen molar-refractivity contribution in [1.29, 1.82) is 0 Å². The van der Waals surface area contributed by atoms with Gasteiger partial charge in [0, 0.05) is 49.6 Å². The lowest BCUT2D eigenvalue weighted by Crippen LogP contribution is -2.68. The quantitative estimate of drug-likeness (QED) is 0.208. The highest BCUT2D eigenvalue weighted by atomic mass is 28.3. The Morgan fingerprint density at radius 3 is 1.39 bits per heavy atom. The topological polar surface area (TPSA) is 81.7 Å². The summed E-state index contributed by atoms with van der Waals surface area (Å²) in [7, 11) is 6.51. The Labute approximate surface area is 139 Å². The minimum absolute atomic E-state index is 0.282. The van der Waals surface area contributed by atoms with Crippen LogP contribution in [0.25, 0.3) is 0 Å². The first-order chi connectivity index (χ1) is 11.0. The summed E-state index contributed by atoms with van der Waals surface area (Å²) < 4.78 is 38.2. The predicted octanol–water partition coefficient (Wildman–Crippen LogP) is 0.863. The molecule has 0 saturated carbocycles. The summed E-state index contributed by atoms with van der Waals surface area (Å²) in [5.74, 6) is -2.09. The van der Waals surface area contributed by atoms with E-state index in [1.165, 1.54) is 6.92 Å². The molecule has 0 aliphatic heterocycles. The van der Waals surface area contributed by atoms with Crippen LogP contribution in [-0.2, 0) is 38.0 Å². The lowest BCUT2D eigenvalue weighted by Gasteiger charge is -2.44. The molecule has 0 radical (unpaired) electrons. The highest BCUT2D eigenvalue weighted by Crippen LogP contribution is 2.31. The van der Waals surface area contributed by atoms with Gasteiger partial charge in [-0.15, -0.1) is 0 Å². The van der Waals surface area contributed by atoms with E-state index in [9.17, 15) is 4.79 Å². The van der Waals surface area contributed by atoms with Crippen molar-refractivity contribution in [3.63, 3.8) is 0 Å². The van der Waals surface area contributed by atoms with Crippen molar-refractivity contribution in [2.24, 2.45) is 0 Å². The summed E-state index contributed by atoms with van der Waals surface area (Å²) >= 11 is 0. The molecule has 23 heavy (non-hydrogen) atoms. The predicted molar refractivity (Wildman–Crippen MR) is 85.2 cm³/mol. The van der Waals surface area contributed by atoms with E-state index in [4.69, 9.17) is 33.2 Å². The maximum atomic E-state index is 10.9. The monoisotopic (exact) mass is 354 g/mol. The van der Waals surface area contributed by atoms with E-state index < -0.39 is 25.8 Å². The number of esters is 1. The molecule has 0 unspecified atom stereocenters. The van der Waals surface area contributed by atoms with E-state index in [1.54, 1.807) is 42.7 Å². The number of methoxy groups -OCH3 is 6. The van der Waals surface area contributed by atoms with Crippen LogP contribution in [0.3, 0.4) is 0 Å². The maximum absolute atomic E-state index is 10.9. The second-order valence-electron chi connectivity index (χ2n) is 4.97. The third-order valence-corrected chi connectivity index (χ3v) is 8.93. The Kier molecular flexibility index (Phi) is 11.6. The molecule has 0 aliphatic carbocycles. The van der Waals surface area contributed by atoms with Gasteiger partial charge < -0.3 is 33.2 Å². The first-order valence-electron chi connectivity index (χ1n) is 7.28. The highest BCUT2D eigenvalue weighted by Gasteiger charge is 2.57. The summed E-state index contributed by atoms with van der Waals surface area (Å²) in [5, 5.41) is 0. The summed E-state index contributed by atoms with van der Waals surface area (Å²) in [6.45, 7) is 1.66. The molecule has 0 amide bonds. The fraction of sp³-hybridized carbons (Fsp3) is 0.929. The first kappa shape index (κ1) is 22.4. The van der Waals surface area contributed by atoms with Crippen molar-refractivity contribution >= 4 is 14.0 Å². The Balaban J connectivity index is 5.57. The van der Waals surface area contributed by atoms with Crippen molar-refractivity contribution in [3.8, 4) is 0 Å². The van der Waals surface area contributed by atoms with Gasteiger partial charge in [0.1, 0.15) is 0 Å². The zero-order valence-electron chi connectivity index (χ0n) is 15.1. The highest BCUT2D eigenvalue weighted by molar-refractivity contribution is 6.82. The van der Waals surface area contributed by atoms with Crippen molar-refractivity contribution in [2.75, 3.05) is 49.3 Å². The van der Waals surface area contributed by atoms with E-state index in [-0.39, 0.29) is 12.6 Å². The third-order valence-electron chi connectivity index (χ3n) is 3.66. The van der Waals surface area contributed by atoms with Gasteiger partial charge in [-0.25, -0.2) is 0 Å². The van der Waals surface area contributed by atoms with E-state index in [0.717, 1.165) is 0 Å². The third kappa shape index (κ3) is 5.78. The molecule has 0 spiro atoms. The maximum Gasteiger partial charge on any atom is 0.302 e. The molecule has 8 nitrogen and oxygen atoms in total. The van der Waals surface area contributed by atoms with Crippen LogP contribution in [0.1, 0.15) is 13.3 Å². The minimum atomic E-state index is -2.78. The molecule has 0 N–H and O–H groups in total. The molecule has 0 rings (SSSR count). The average Bonchev–Trinajstić information content (AvgIpc) is 2.54. The molecule has 0 aromatic rings. The normalized spacial score (nSPS) is 12.4. The average molecular weight is 354 g/mol. The van der Waals surface area contributed by atoms with Crippen LogP contribution < -0.4 is 0 Å². The number of hydrogen-bond acceptors (Lipinski definition) is 8. The van der Waals surface area contributed by atoms with Crippen LogP contribution in [0, 0.1) is 0 Å². The molecular formula is C14H30O8Si. The summed E-state index contributed by atoms with van der Waals surface area (Å²) in [4.78, 5) is 10.9. The minimum Gasteiger partial charge on any atom is -0.466 e. The zero-order chi connectivity index (χ0) is 17.9. The van der Waals surface area contributed by atoms with Gasteiger partial charge in [-0.05, 0) is 12.5 Å². The number of rotatable bonds is 13. The second kappa shape index (κ2) is 11.9. The van der Waals surface area contributed by atoms with E-state index in [0.29, 0.717) is 12.5 Å². The van der Waals surface area contributed by atoms with Gasteiger partial charge in [0.05, 0.1) is 6.61 Å². The van der Waals surface area contributed by atoms with Gasteiger partial charge in [-0.1, -0.05) is 0 Å². The van der Waals surface area contributed by atoms with Crippen LogP contribution >= 0.6 is 0 Å². The lowest BCUT2D eigenvalue weighted by molar-refractivity contribution is -0.141. The Bertz CT molecular complexity index is 285. The van der Waals surface area contributed by atoms with Crippen LogP contribution in [0.5, 0.6) is 0 Å². The van der Waals surface area contributed by atoms with Crippen molar-refractivity contribution in [3.05, 3.63) is 0 Å². The molecule has 0 heterocycles. The molecule has 0 aromatic heterocycles. The van der Waals surface area contributed by atoms with E-state index >= 15 is 0 Å². The number of carbonyl (C=O) groups is 1. The molecular weight excluding hydrogens is 324 g/mol. The van der Waals surface area contributed by atoms with Crippen molar-refractivity contribution < 1.29 is 38.0 Å². The largest absolute Gasteiger partial charge is 0.466 e. The van der Waals surface area contributed by atoms with Gasteiger partial charge in [-0.2, -0.15) is 0 Å². The number of carbonyl (C=O) groups excluding carboxylic acids is 1. The number of ether oxygens (including phenoxy) is 7. The van der Waals surface area contributed by atoms with Gasteiger partial charge >= 0.3 is 5.97 Å². The zero-order valence-corrected chi connectivity index (χ0v) is 16.1. The van der Waals surface area contributed by atoms with Crippen molar-refractivity contribution in [2.45, 2.75) is 37.1 Å². The molecule has 0 bridgehead atoms. The first-order valence-corrected chi connectivity index (χ1v) is 9.72. The molecule has 0 fully saturated rings. The number of hydrogen-bond donors (Lipinski definition) is 0. The van der Waals surface area contributed by atoms with E-state index in [2.05, 4.69) is 0 Å². The molecule has 0 saturated heterocycles. The second-order valence-corrected chi connectivity index (χ2v) is 9.10. The molecule has 9 heteroatoms. The fourth-order valence-electron chi connectivity index (χ4n) is 2.89. The smallest absolute Gasteiger partial charge is 0.302 e. The molecule has 0 aromatic carbocycles. The summed E-state index contributed by atoms with van der Waals surface area (Å²) in [6, 6.07) is 0.589. The van der Waals surface area contributed by atoms with Gasteiger partial charge in [0.2, 0.25) is 8.07 Å². The van der Waals surface area contributed by atoms with Gasteiger partial charge in [0.25, 0.3) is 0 Å². The Hall–Kier alpha value is -0.553. The summed E-state index contributed by atoms with van der Waals surface area (Å²) in [5.41, 5.74) is 0. The molecule has 138 valence electrons. The van der Waals surface area contributed by atoms with Crippen LogP contribution in [-0.4, -0.2) is 81.0 Å². The van der Waals surface area contributed by atoms with E-state index in [1.807, 2.05) is 0 Å². The standard InChI is InChI=1S/C14H30O8Si/c1-11(15)22-9-8-10-23(12(16-2)17-3,13(18-4)19-5)14(20-6)21-7/h12-14H,8-10H2,1-7H3. The lowest BCUT2D eigenvalue weighted by atomic mass is 10.5. The molecule has 0 atom stereocenters. The van der Waals surface area contributed by atoms with Crippen LogP contribution in [0.4, 0.5) is 0 Å². The van der Waals surface area contributed by atoms with Gasteiger partial charge in [-0.3, -0.25) is 4.79 Å². The Morgan fingerprint density at radius 2 is 1.13 bits per heavy atom. The Morgan fingerprint density at radius 1 is 0.783 bits per heavy atom. The fourth-order valence-corrected chi connectivity index (χ4v) is 7.65. The molecule has 0 aliphatic rings. The SMILES string of the molecule is COC(OC)[Si](CCCOC(C)=O)(C(OC)OC)C(OC)OC. The van der Waals surface area contributed by atoms with Crippen molar-refractivity contribution in [1.82, 2.24) is 0 Å². The van der Waals surface area contributed by atoms with Crippen LogP contribution in [0.15, 0.2) is 0 Å².